The van der Waals surface area contributed by atoms with Crippen LogP contribution in [-0.2, 0) is 19.6 Å². The van der Waals surface area contributed by atoms with Gasteiger partial charge in [0.1, 0.15) is 11.5 Å². The molecule has 0 saturated carbocycles. The van der Waals surface area contributed by atoms with E-state index in [1.165, 1.54) is 13.1 Å². The zero-order chi connectivity index (χ0) is 13.5. The molecule has 2 aromatic rings. The quantitative estimate of drug-likeness (QED) is 0.826. The van der Waals surface area contributed by atoms with Gasteiger partial charge in [-0.2, -0.15) is 13.2 Å². The van der Waals surface area contributed by atoms with Gasteiger partial charge < -0.3 is 9.67 Å². The van der Waals surface area contributed by atoms with Crippen molar-refractivity contribution in [1.29, 1.82) is 0 Å². The molecule has 0 aliphatic rings. The standard InChI is InChI=1S/C12H11F4NO/c1-17-10-6-7(13)2-3-8(10)9(4-5-18)11(17)12(14,15)16/h2-3,6,18H,4-5H2,1H3. The smallest absolute Gasteiger partial charge is 0.396 e. The van der Waals surface area contributed by atoms with Crippen molar-refractivity contribution >= 4 is 10.9 Å². The highest BCUT2D eigenvalue weighted by Crippen LogP contribution is 2.37. The van der Waals surface area contributed by atoms with Gasteiger partial charge in [-0.3, -0.25) is 0 Å². The Labute approximate surface area is 100 Å². The van der Waals surface area contributed by atoms with E-state index >= 15 is 0 Å². The topological polar surface area (TPSA) is 25.2 Å². The highest BCUT2D eigenvalue weighted by molar-refractivity contribution is 5.85. The molecular weight excluding hydrogens is 250 g/mol. The van der Waals surface area contributed by atoms with E-state index in [-0.39, 0.29) is 24.1 Å². The average Bonchev–Trinajstić information content (AvgIpc) is 2.52. The molecule has 1 aromatic carbocycles. The molecule has 6 heteroatoms. The Morgan fingerprint density at radius 1 is 1.28 bits per heavy atom. The lowest BCUT2D eigenvalue weighted by atomic mass is 10.1. The third-order valence-corrected chi connectivity index (χ3v) is 2.90. The minimum atomic E-state index is -4.53. The number of aliphatic hydroxyl groups is 1. The summed E-state index contributed by atoms with van der Waals surface area (Å²) in [7, 11) is 1.24. The minimum absolute atomic E-state index is 0.00231. The summed E-state index contributed by atoms with van der Waals surface area (Å²) in [4.78, 5) is 0. The van der Waals surface area contributed by atoms with Crippen LogP contribution in [0.1, 0.15) is 11.3 Å². The highest BCUT2D eigenvalue weighted by Gasteiger charge is 2.38. The fourth-order valence-corrected chi connectivity index (χ4v) is 2.21. The molecule has 98 valence electrons. The average molecular weight is 261 g/mol. The van der Waals surface area contributed by atoms with Crippen molar-refractivity contribution < 1.29 is 22.7 Å². The fraction of sp³-hybridized carbons (Fsp3) is 0.333. The molecule has 0 radical (unpaired) electrons. The molecule has 1 heterocycles. The van der Waals surface area contributed by atoms with Crippen LogP contribution in [0.4, 0.5) is 17.6 Å². The van der Waals surface area contributed by atoms with Gasteiger partial charge >= 0.3 is 6.18 Å². The third-order valence-electron chi connectivity index (χ3n) is 2.90. The summed E-state index contributed by atoms with van der Waals surface area (Å²) in [6.45, 7) is -0.389. The number of halogens is 4. The van der Waals surface area contributed by atoms with Crippen LogP contribution in [0, 0.1) is 5.82 Å². The van der Waals surface area contributed by atoms with Gasteiger partial charge in [0.2, 0.25) is 0 Å². The number of benzene rings is 1. The van der Waals surface area contributed by atoms with Crippen LogP contribution in [0.5, 0.6) is 0 Å². The Kier molecular flexibility index (Phi) is 3.06. The van der Waals surface area contributed by atoms with E-state index in [0.29, 0.717) is 5.39 Å². The molecule has 1 N–H and O–H groups in total. The Morgan fingerprint density at radius 3 is 2.50 bits per heavy atom. The molecule has 0 spiro atoms. The lowest BCUT2D eigenvalue weighted by Gasteiger charge is -2.10. The summed E-state index contributed by atoms with van der Waals surface area (Å²) in [5.41, 5.74) is -0.662. The van der Waals surface area contributed by atoms with Crippen LogP contribution >= 0.6 is 0 Å². The van der Waals surface area contributed by atoms with E-state index in [1.54, 1.807) is 0 Å². The van der Waals surface area contributed by atoms with E-state index in [9.17, 15) is 17.6 Å². The molecular formula is C12H11F4NO. The Bertz CT molecular complexity index is 586. The number of aryl methyl sites for hydroxylation is 1. The van der Waals surface area contributed by atoms with E-state index in [1.807, 2.05) is 0 Å². The number of aromatic nitrogens is 1. The van der Waals surface area contributed by atoms with Gasteiger partial charge in [0.05, 0.1) is 5.52 Å². The minimum Gasteiger partial charge on any atom is -0.396 e. The number of nitrogens with zero attached hydrogens (tertiary/aromatic N) is 1. The second-order valence-electron chi connectivity index (χ2n) is 4.02. The summed E-state index contributed by atoms with van der Waals surface area (Å²) in [6, 6.07) is 3.49. The van der Waals surface area contributed by atoms with Crippen LogP contribution in [0.2, 0.25) is 0 Å². The van der Waals surface area contributed by atoms with Crippen molar-refractivity contribution in [2.24, 2.45) is 7.05 Å². The molecule has 1 aromatic heterocycles. The van der Waals surface area contributed by atoms with Crippen LogP contribution in [0.3, 0.4) is 0 Å². The molecule has 2 rings (SSSR count). The molecule has 0 saturated heterocycles. The molecule has 18 heavy (non-hydrogen) atoms. The van der Waals surface area contributed by atoms with Crippen LogP contribution in [0.15, 0.2) is 18.2 Å². The van der Waals surface area contributed by atoms with Crippen molar-refractivity contribution in [2.75, 3.05) is 6.61 Å². The van der Waals surface area contributed by atoms with E-state index in [0.717, 1.165) is 16.7 Å². The number of rotatable bonds is 2. The predicted octanol–water partition coefficient (Wildman–Crippen LogP) is 2.87. The molecule has 0 aliphatic carbocycles. The van der Waals surface area contributed by atoms with Crippen molar-refractivity contribution in [2.45, 2.75) is 12.6 Å². The first-order valence-corrected chi connectivity index (χ1v) is 5.31. The van der Waals surface area contributed by atoms with Gasteiger partial charge in [-0.05, 0) is 30.2 Å². The maximum Gasteiger partial charge on any atom is 0.431 e. The summed E-state index contributed by atoms with van der Waals surface area (Å²) in [5, 5.41) is 9.20. The summed E-state index contributed by atoms with van der Waals surface area (Å²) in [5.74, 6) is -0.590. The van der Waals surface area contributed by atoms with E-state index in [2.05, 4.69) is 0 Å². The second kappa shape index (κ2) is 4.28. The molecule has 0 atom stereocenters. The van der Waals surface area contributed by atoms with Crippen molar-refractivity contribution in [3.05, 3.63) is 35.3 Å². The van der Waals surface area contributed by atoms with Crippen LogP contribution in [-0.4, -0.2) is 16.3 Å². The van der Waals surface area contributed by atoms with E-state index in [4.69, 9.17) is 5.11 Å². The number of hydrogen-bond donors (Lipinski definition) is 1. The largest absolute Gasteiger partial charge is 0.431 e. The van der Waals surface area contributed by atoms with Gasteiger partial charge in [0.25, 0.3) is 0 Å². The molecule has 0 amide bonds. The maximum atomic E-state index is 13.1. The normalized spacial score (nSPS) is 12.3. The first kappa shape index (κ1) is 12.9. The number of hydrogen-bond acceptors (Lipinski definition) is 1. The van der Waals surface area contributed by atoms with Crippen molar-refractivity contribution in [1.82, 2.24) is 4.57 Å². The lowest BCUT2D eigenvalue weighted by Crippen LogP contribution is -2.14. The van der Waals surface area contributed by atoms with Gasteiger partial charge in [0.15, 0.2) is 0 Å². The molecule has 0 bridgehead atoms. The van der Waals surface area contributed by atoms with Gasteiger partial charge in [-0.25, -0.2) is 4.39 Å². The summed E-state index contributed by atoms with van der Waals surface area (Å²) < 4.78 is 52.9. The predicted molar refractivity (Wildman–Crippen MR) is 58.7 cm³/mol. The number of alkyl halides is 3. The summed E-state index contributed by atoms with van der Waals surface area (Å²) in [6.07, 6.45) is -4.65. The lowest BCUT2D eigenvalue weighted by molar-refractivity contribution is -0.143. The molecule has 2 nitrogen and oxygen atoms in total. The Hall–Kier alpha value is -1.56. The first-order valence-electron chi connectivity index (χ1n) is 5.31. The molecule has 0 aliphatic heterocycles. The Morgan fingerprint density at radius 2 is 1.94 bits per heavy atom. The van der Waals surface area contributed by atoms with Gasteiger partial charge in [-0.1, -0.05) is 0 Å². The number of aliphatic hydroxyl groups excluding tert-OH is 1. The monoisotopic (exact) mass is 261 g/mol. The van der Waals surface area contributed by atoms with Crippen LogP contribution in [0.25, 0.3) is 10.9 Å². The SMILES string of the molecule is Cn1c(C(F)(F)F)c(CCO)c2ccc(F)cc21. The first-order chi connectivity index (χ1) is 8.36. The second-order valence-corrected chi connectivity index (χ2v) is 4.02. The van der Waals surface area contributed by atoms with E-state index < -0.39 is 17.7 Å². The zero-order valence-electron chi connectivity index (χ0n) is 9.55. The van der Waals surface area contributed by atoms with Crippen molar-refractivity contribution in [3.8, 4) is 0 Å². The third kappa shape index (κ3) is 1.96. The molecule has 0 unspecified atom stereocenters. The molecule has 0 fully saturated rings. The zero-order valence-corrected chi connectivity index (χ0v) is 9.55. The van der Waals surface area contributed by atoms with Gasteiger partial charge in [-0.15, -0.1) is 0 Å². The summed E-state index contributed by atoms with van der Waals surface area (Å²) >= 11 is 0. The fourth-order valence-electron chi connectivity index (χ4n) is 2.21. The highest BCUT2D eigenvalue weighted by atomic mass is 19.4. The van der Waals surface area contributed by atoms with Crippen molar-refractivity contribution in [3.63, 3.8) is 0 Å². The maximum absolute atomic E-state index is 13.1. The van der Waals surface area contributed by atoms with Crippen LogP contribution < -0.4 is 0 Å². The van der Waals surface area contributed by atoms with Gasteiger partial charge in [0, 0.05) is 19.0 Å². The Balaban J connectivity index is 2.83. The number of fused-ring (bicyclic) bond motifs is 1.